The van der Waals surface area contributed by atoms with Gasteiger partial charge in [-0.2, -0.15) is 0 Å². The highest BCUT2D eigenvalue weighted by Gasteiger charge is 2.24. The molecule has 3 unspecified atom stereocenters. The summed E-state index contributed by atoms with van der Waals surface area (Å²) in [5.74, 6) is 0.572. The summed E-state index contributed by atoms with van der Waals surface area (Å²) in [5, 5.41) is 3.49. The van der Waals surface area contributed by atoms with E-state index in [9.17, 15) is 4.79 Å². The van der Waals surface area contributed by atoms with Crippen molar-refractivity contribution < 1.29 is 9.53 Å². The van der Waals surface area contributed by atoms with Crippen LogP contribution in [0.2, 0.25) is 0 Å². The Morgan fingerprint density at radius 2 is 2.19 bits per heavy atom. The molecular weight excluding hydrogens is 270 g/mol. The highest BCUT2D eigenvalue weighted by Crippen LogP contribution is 2.26. The molecule has 3 nitrogen and oxygen atoms in total. The van der Waals surface area contributed by atoms with E-state index in [0.717, 1.165) is 5.92 Å². The van der Waals surface area contributed by atoms with E-state index in [1.165, 1.54) is 39.2 Å². The Hall–Kier alpha value is -0.0900. The van der Waals surface area contributed by atoms with E-state index in [1.54, 1.807) is 0 Å². The summed E-state index contributed by atoms with van der Waals surface area (Å²) < 4.78 is 4.68. The summed E-state index contributed by atoms with van der Waals surface area (Å²) in [6.45, 7) is 2.91. The van der Waals surface area contributed by atoms with Gasteiger partial charge in [0.15, 0.2) is 0 Å². The number of halogens is 1. The van der Waals surface area contributed by atoms with E-state index in [1.807, 2.05) is 0 Å². The van der Waals surface area contributed by atoms with Gasteiger partial charge in [0, 0.05) is 12.6 Å². The molecule has 0 bridgehead atoms. The molecule has 0 radical (unpaired) electrons. The lowest BCUT2D eigenvalue weighted by molar-refractivity contribution is -0.139. The van der Waals surface area contributed by atoms with Crippen molar-refractivity contribution in [3.8, 4) is 0 Å². The average Bonchev–Trinajstić information content (AvgIpc) is 2.35. The van der Waals surface area contributed by atoms with Gasteiger partial charge in [0.25, 0.3) is 0 Å². The lowest BCUT2D eigenvalue weighted by atomic mass is 9.83. The fraction of sp³-hybridized carbons (Fsp3) is 0.917. The van der Waals surface area contributed by atoms with Gasteiger partial charge >= 0.3 is 5.97 Å². The van der Waals surface area contributed by atoms with E-state index in [2.05, 4.69) is 32.9 Å². The second kappa shape index (κ2) is 7.28. The van der Waals surface area contributed by atoms with Gasteiger partial charge in [0.1, 0.15) is 4.83 Å². The summed E-state index contributed by atoms with van der Waals surface area (Å²) in [4.78, 5) is 11.0. The minimum absolute atomic E-state index is 0.198. The van der Waals surface area contributed by atoms with Crippen molar-refractivity contribution in [2.75, 3.05) is 13.7 Å². The quantitative estimate of drug-likeness (QED) is 0.625. The van der Waals surface area contributed by atoms with Crippen molar-refractivity contribution in [2.45, 2.75) is 49.9 Å². The normalized spacial score (nSPS) is 27.4. The molecule has 0 aromatic heterocycles. The topological polar surface area (TPSA) is 38.3 Å². The summed E-state index contributed by atoms with van der Waals surface area (Å²) in [5.41, 5.74) is 0. The summed E-state index contributed by atoms with van der Waals surface area (Å²) in [6, 6.07) is 0.573. The average molecular weight is 292 g/mol. The number of nitrogens with one attached hydrogen (secondary N) is 1. The molecule has 1 aliphatic rings. The van der Waals surface area contributed by atoms with E-state index < -0.39 is 0 Å². The zero-order valence-electron chi connectivity index (χ0n) is 10.2. The first-order valence-corrected chi connectivity index (χ1v) is 7.05. The number of carbonyl (C=O) groups excluding carboxylic acids is 1. The number of carbonyl (C=O) groups is 1. The Kier molecular flexibility index (Phi) is 6.36. The minimum atomic E-state index is -0.225. The van der Waals surface area contributed by atoms with E-state index >= 15 is 0 Å². The molecule has 0 heterocycles. The lowest BCUT2D eigenvalue weighted by Gasteiger charge is -2.32. The molecule has 0 amide bonds. The highest BCUT2D eigenvalue weighted by atomic mass is 79.9. The third-order valence-electron chi connectivity index (χ3n) is 3.45. The minimum Gasteiger partial charge on any atom is -0.468 e. The largest absolute Gasteiger partial charge is 0.468 e. The number of hydrogen-bond donors (Lipinski definition) is 1. The molecule has 0 aliphatic heterocycles. The van der Waals surface area contributed by atoms with Crippen molar-refractivity contribution in [1.29, 1.82) is 0 Å². The molecule has 0 aromatic rings. The second-order valence-electron chi connectivity index (χ2n) is 4.46. The molecule has 1 rings (SSSR count). The Labute approximate surface area is 106 Å². The molecule has 3 atom stereocenters. The van der Waals surface area contributed by atoms with Gasteiger partial charge in [-0.1, -0.05) is 42.1 Å². The van der Waals surface area contributed by atoms with Crippen molar-refractivity contribution in [1.82, 2.24) is 5.32 Å². The van der Waals surface area contributed by atoms with Crippen LogP contribution in [0.25, 0.3) is 0 Å². The third-order valence-corrected chi connectivity index (χ3v) is 4.15. The maximum Gasteiger partial charge on any atom is 0.320 e. The molecule has 16 heavy (non-hydrogen) atoms. The molecule has 1 N–H and O–H groups in total. The van der Waals surface area contributed by atoms with Gasteiger partial charge in [0.05, 0.1) is 7.11 Å². The fourth-order valence-corrected chi connectivity index (χ4v) is 2.80. The van der Waals surface area contributed by atoms with E-state index in [4.69, 9.17) is 0 Å². The fourth-order valence-electron chi connectivity index (χ4n) is 2.43. The Bertz CT molecular complexity index is 223. The van der Waals surface area contributed by atoms with Gasteiger partial charge in [-0.15, -0.1) is 0 Å². The van der Waals surface area contributed by atoms with Gasteiger partial charge in [0.2, 0.25) is 0 Å². The molecule has 1 aliphatic carbocycles. The van der Waals surface area contributed by atoms with Crippen LogP contribution in [0.15, 0.2) is 0 Å². The summed E-state index contributed by atoms with van der Waals surface area (Å²) in [6.07, 6.45) is 6.44. The Morgan fingerprint density at radius 1 is 1.50 bits per heavy atom. The molecule has 0 aromatic carbocycles. The summed E-state index contributed by atoms with van der Waals surface area (Å²) in [7, 11) is 1.42. The number of alkyl halides is 1. The Morgan fingerprint density at radius 3 is 2.81 bits per heavy atom. The molecule has 1 saturated carbocycles. The van der Waals surface area contributed by atoms with Crippen LogP contribution in [0, 0.1) is 5.92 Å². The Balaban J connectivity index is 2.32. The maximum atomic E-state index is 11.2. The zero-order chi connectivity index (χ0) is 12.0. The molecule has 4 heteroatoms. The molecule has 0 saturated heterocycles. The van der Waals surface area contributed by atoms with Crippen molar-refractivity contribution in [3.63, 3.8) is 0 Å². The van der Waals surface area contributed by atoms with E-state index in [0.29, 0.717) is 12.6 Å². The number of hydrogen-bond acceptors (Lipinski definition) is 3. The molecular formula is C12H22BrNO2. The monoisotopic (exact) mass is 291 g/mol. The van der Waals surface area contributed by atoms with Gasteiger partial charge in [-0.25, -0.2) is 0 Å². The van der Waals surface area contributed by atoms with Crippen LogP contribution in [0.5, 0.6) is 0 Å². The first kappa shape index (κ1) is 14.0. The van der Waals surface area contributed by atoms with Gasteiger partial charge in [-0.05, 0) is 18.8 Å². The lowest BCUT2D eigenvalue weighted by Crippen LogP contribution is -2.42. The van der Waals surface area contributed by atoms with Gasteiger partial charge < -0.3 is 10.1 Å². The first-order chi connectivity index (χ1) is 7.69. The number of esters is 1. The molecule has 1 fully saturated rings. The van der Waals surface area contributed by atoms with E-state index in [-0.39, 0.29) is 10.8 Å². The van der Waals surface area contributed by atoms with Crippen molar-refractivity contribution in [2.24, 2.45) is 5.92 Å². The molecule has 94 valence electrons. The zero-order valence-corrected chi connectivity index (χ0v) is 11.8. The van der Waals surface area contributed by atoms with Crippen molar-refractivity contribution in [3.05, 3.63) is 0 Å². The SMILES string of the molecule is CCC1CCCCC1NCC(Br)C(=O)OC. The van der Waals surface area contributed by atoms with Crippen LogP contribution in [0.3, 0.4) is 0 Å². The third kappa shape index (κ3) is 4.06. The summed E-state index contributed by atoms with van der Waals surface area (Å²) >= 11 is 3.34. The predicted octanol–water partition coefficient (Wildman–Crippen LogP) is 2.48. The van der Waals surface area contributed by atoms with Crippen LogP contribution < -0.4 is 5.32 Å². The first-order valence-electron chi connectivity index (χ1n) is 6.14. The van der Waals surface area contributed by atoms with Crippen LogP contribution in [-0.2, 0) is 9.53 Å². The number of methoxy groups -OCH3 is 1. The standard InChI is InChI=1S/C12H22BrNO2/c1-3-9-6-4-5-7-11(9)14-8-10(13)12(15)16-2/h9-11,14H,3-8H2,1-2H3. The van der Waals surface area contributed by atoms with Gasteiger partial charge in [-0.3, -0.25) is 4.79 Å². The second-order valence-corrected chi connectivity index (χ2v) is 5.56. The number of rotatable bonds is 5. The highest BCUT2D eigenvalue weighted by molar-refractivity contribution is 9.10. The maximum absolute atomic E-state index is 11.2. The van der Waals surface area contributed by atoms with Crippen LogP contribution >= 0.6 is 15.9 Å². The van der Waals surface area contributed by atoms with Crippen molar-refractivity contribution >= 4 is 21.9 Å². The van der Waals surface area contributed by atoms with Crippen LogP contribution in [0.4, 0.5) is 0 Å². The molecule has 0 spiro atoms. The number of ether oxygens (including phenoxy) is 1. The predicted molar refractivity (Wildman–Crippen MR) is 68.8 cm³/mol. The van der Waals surface area contributed by atoms with Crippen LogP contribution in [-0.4, -0.2) is 30.5 Å². The van der Waals surface area contributed by atoms with Crippen LogP contribution in [0.1, 0.15) is 39.0 Å². The smallest absolute Gasteiger partial charge is 0.320 e.